The second-order valence-corrected chi connectivity index (χ2v) is 8.27. The van der Waals surface area contributed by atoms with Gasteiger partial charge in [-0.2, -0.15) is 5.10 Å². The Hall–Kier alpha value is -2.97. The molecule has 0 aliphatic carbocycles. The van der Waals surface area contributed by atoms with Crippen LogP contribution in [0.25, 0.3) is 0 Å². The Kier molecular flexibility index (Phi) is 7.46. The molecular weight excluding hydrogens is 410 g/mol. The van der Waals surface area contributed by atoms with E-state index in [-0.39, 0.29) is 0 Å². The van der Waals surface area contributed by atoms with Crippen molar-refractivity contribution in [1.29, 1.82) is 0 Å². The van der Waals surface area contributed by atoms with E-state index in [4.69, 9.17) is 9.47 Å². The number of hydrazone groups is 1. The van der Waals surface area contributed by atoms with Crippen LogP contribution in [-0.4, -0.2) is 49.1 Å². The van der Waals surface area contributed by atoms with Gasteiger partial charge in [-0.25, -0.2) is 4.98 Å². The molecule has 4 heterocycles. The van der Waals surface area contributed by atoms with Gasteiger partial charge in [0.1, 0.15) is 5.00 Å². The maximum absolute atomic E-state index is 5.98. The van der Waals surface area contributed by atoms with Gasteiger partial charge in [-0.1, -0.05) is 13.0 Å². The Morgan fingerprint density at radius 3 is 2.90 bits per heavy atom. The van der Waals surface area contributed by atoms with Crippen LogP contribution in [0.5, 0.6) is 5.88 Å². The van der Waals surface area contributed by atoms with Crippen molar-refractivity contribution in [3.8, 4) is 5.88 Å². The van der Waals surface area contributed by atoms with Crippen LogP contribution in [0.15, 0.2) is 53.8 Å². The third kappa shape index (κ3) is 6.26. The predicted molar refractivity (Wildman–Crippen MR) is 126 cm³/mol. The van der Waals surface area contributed by atoms with E-state index in [0.29, 0.717) is 12.5 Å². The first-order valence-corrected chi connectivity index (χ1v) is 11.4. The molecule has 1 aliphatic heterocycles. The van der Waals surface area contributed by atoms with Crippen molar-refractivity contribution >= 4 is 28.2 Å². The molecule has 0 aromatic carbocycles. The molecule has 1 saturated heterocycles. The largest absolute Gasteiger partial charge is 0.477 e. The summed E-state index contributed by atoms with van der Waals surface area (Å²) >= 11 is 1.71. The lowest BCUT2D eigenvalue weighted by molar-refractivity contribution is 0.122. The van der Waals surface area contributed by atoms with Crippen molar-refractivity contribution < 1.29 is 9.47 Å². The van der Waals surface area contributed by atoms with Crippen LogP contribution >= 0.6 is 11.3 Å². The van der Waals surface area contributed by atoms with Gasteiger partial charge >= 0.3 is 0 Å². The van der Waals surface area contributed by atoms with Gasteiger partial charge in [0.25, 0.3) is 0 Å². The maximum Gasteiger partial charge on any atom is 0.215 e. The molecule has 0 radical (unpaired) electrons. The molecule has 8 heteroatoms. The molecule has 0 unspecified atom stereocenters. The van der Waals surface area contributed by atoms with Gasteiger partial charge < -0.3 is 14.4 Å². The number of morpholine rings is 1. The van der Waals surface area contributed by atoms with Crippen molar-refractivity contribution in [2.45, 2.75) is 19.8 Å². The number of anilines is 2. The molecule has 31 heavy (non-hydrogen) atoms. The number of aryl methyl sites for hydroxylation is 1. The zero-order valence-corrected chi connectivity index (χ0v) is 18.5. The van der Waals surface area contributed by atoms with Gasteiger partial charge in [0.05, 0.1) is 31.7 Å². The summed E-state index contributed by atoms with van der Waals surface area (Å²) in [4.78, 5) is 12.6. The van der Waals surface area contributed by atoms with E-state index in [1.54, 1.807) is 23.7 Å². The molecule has 0 atom stereocenters. The number of thiophene rings is 1. The van der Waals surface area contributed by atoms with Crippen LogP contribution in [-0.2, 0) is 17.6 Å². The average Bonchev–Trinajstić information content (AvgIpc) is 3.28. The zero-order chi connectivity index (χ0) is 21.3. The Morgan fingerprint density at radius 2 is 2.13 bits per heavy atom. The molecule has 7 nitrogen and oxygen atoms in total. The highest BCUT2D eigenvalue weighted by atomic mass is 32.1. The average molecular weight is 438 g/mol. The lowest BCUT2D eigenvalue weighted by Crippen LogP contribution is -2.36. The van der Waals surface area contributed by atoms with Gasteiger partial charge in [0.15, 0.2) is 0 Å². The number of rotatable bonds is 9. The summed E-state index contributed by atoms with van der Waals surface area (Å²) in [7, 11) is 0. The third-order valence-corrected chi connectivity index (χ3v) is 6.03. The number of nitrogens with zero attached hydrogens (tertiary/aromatic N) is 4. The topological polar surface area (TPSA) is 71.9 Å². The van der Waals surface area contributed by atoms with Crippen LogP contribution < -0.4 is 15.1 Å². The molecule has 3 aromatic rings. The fourth-order valence-corrected chi connectivity index (χ4v) is 4.05. The number of aromatic nitrogens is 2. The summed E-state index contributed by atoms with van der Waals surface area (Å²) in [6.07, 6.45) is 5.29. The van der Waals surface area contributed by atoms with Gasteiger partial charge in [-0.3, -0.25) is 10.4 Å². The molecule has 0 spiro atoms. The van der Waals surface area contributed by atoms with Gasteiger partial charge in [0.2, 0.25) is 5.88 Å². The normalized spacial score (nSPS) is 14.2. The van der Waals surface area contributed by atoms with E-state index in [1.807, 2.05) is 36.4 Å². The van der Waals surface area contributed by atoms with Crippen LogP contribution in [0.1, 0.15) is 23.2 Å². The molecule has 1 N–H and O–H groups in total. The minimum absolute atomic E-state index is 0.514. The van der Waals surface area contributed by atoms with Crippen molar-refractivity contribution in [2.24, 2.45) is 5.10 Å². The van der Waals surface area contributed by atoms with E-state index in [2.05, 4.69) is 38.4 Å². The summed E-state index contributed by atoms with van der Waals surface area (Å²) in [5.74, 6) is 0.589. The lowest BCUT2D eigenvalue weighted by Gasteiger charge is -2.29. The monoisotopic (exact) mass is 437 g/mol. The fourth-order valence-electron chi connectivity index (χ4n) is 3.25. The predicted octanol–water partition coefficient (Wildman–Crippen LogP) is 4.00. The summed E-state index contributed by atoms with van der Waals surface area (Å²) in [6.45, 7) is 5.81. The molecular formula is C23H27N5O2S. The Balaban J connectivity index is 1.46. The van der Waals surface area contributed by atoms with E-state index in [1.165, 1.54) is 4.88 Å². The molecule has 0 amide bonds. The molecule has 0 bridgehead atoms. The zero-order valence-electron chi connectivity index (χ0n) is 17.7. The Labute approximate surface area is 186 Å². The van der Waals surface area contributed by atoms with Gasteiger partial charge in [0, 0.05) is 48.0 Å². The second-order valence-electron chi connectivity index (χ2n) is 7.10. The summed E-state index contributed by atoms with van der Waals surface area (Å²) in [5.41, 5.74) is 5.91. The molecule has 4 rings (SSSR count). The highest BCUT2D eigenvalue weighted by Gasteiger charge is 2.14. The number of ether oxygens (including phenoxy) is 2. The highest BCUT2D eigenvalue weighted by molar-refractivity contribution is 7.16. The number of pyridine rings is 2. The first kappa shape index (κ1) is 21.3. The number of nitrogens with one attached hydrogen (secondary N) is 1. The van der Waals surface area contributed by atoms with E-state index < -0.39 is 0 Å². The molecule has 3 aromatic heterocycles. The molecule has 0 saturated carbocycles. The maximum atomic E-state index is 5.98. The first-order valence-electron chi connectivity index (χ1n) is 10.6. The van der Waals surface area contributed by atoms with E-state index in [0.717, 1.165) is 61.2 Å². The third-order valence-electron chi connectivity index (χ3n) is 4.90. The summed E-state index contributed by atoms with van der Waals surface area (Å²) in [5, 5.41) is 5.40. The summed E-state index contributed by atoms with van der Waals surface area (Å²) in [6, 6.07) is 14.1. The smallest absolute Gasteiger partial charge is 0.215 e. The number of hydrogen-bond donors (Lipinski definition) is 1. The van der Waals surface area contributed by atoms with Crippen LogP contribution in [0.4, 0.5) is 10.7 Å². The Morgan fingerprint density at radius 1 is 1.23 bits per heavy atom. The second kappa shape index (κ2) is 10.9. The number of hydrogen-bond acceptors (Lipinski definition) is 8. The molecule has 1 fully saturated rings. The quantitative estimate of drug-likeness (QED) is 0.403. The van der Waals surface area contributed by atoms with Crippen molar-refractivity contribution in [1.82, 2.24) is 9.97 Å². The SMILES string of the molecule is CCc1ccc(NN=Cc2cc(N3CCOCC3)cc(OCCc3ccccn3)n2)s1. The van der Waals surface area contributed by atoms with Crippen molar-refractivity contribution in [3.63, 3.8) is 0 Å². The van der Waals surface area contributed by atoms with E-state index >= 15 is 0 Å². The molecule has 162 valence electrons. The van der Waals surface area contributed by atoms with Crippen LogP contribution in [0.3, 0.4) is 0 Å². The van der Waals surface area contributed by atoms with Crippen molar-refractivity contribution in [2.75, 3.05) is 43.2 Å². The van der Waals surface area contributed by atoms with E-state index in [9.17, 15) is 0 Å². The van der Waals surface area contributed by atoms with Crippen LogP contribution in [0, 0.1) is 0 Å². The standard InChI is InChI=1S/C23H27N5O2S/c1-2-21-6-7-23(31-21)27-25-17-19-15-20(28-10-13-29-14-11-28)16-22(26-19)30-12-8-18-5-3-4-9-24-18/h3-7,9,15-17,27H,2,8,10-14H2,1H3. The first-order chi connectivity index (χ1) is 15.3. The van der Waals surface area contributed by atoms with Crippen molar-refractivity contribution in [3.05, 3.63) is 64.9 Å². The highest BCUT2D eigenvalue weighted by Crippen LogP contribution is 2.23. The molecule has 1 aliphatic rings. The minimum Gasteiger partial charge on any atom is -0.477 e. The van der Waals surface area contributed by atoms with Gasteiger partial charge in [-0.15, -0.1) is 11.3 Å². The fraction of sp³-hybridized carbons (Fsp3) is 0.348. The van der Waals surface area contributed by atoms with Crippen LogP contribution in [0.2, 0.25) is 0 Å². The summed E-state index contributed by atoms with van der Waals surface area (Å²) < 4.78 is 11.5. The van der Waals surface area contributed by atoms with Gasteiger partial charge in [-0.05, 0) is 36.8 Å². The Bertz CT molecular complexity index is 987. The minimum atomic E-state index is 0.514. The lowest BCUT2D eigenvalue weighted by atomic mass is 10.2.